The molecule has 68 valence electrons. The number of hydrogen-bond acceptors (Lipinski definition) is 0. The van der Waals surface area contributed by atoms with Crippen molar-refractivity contribution < 1.29 is 0 Å². The Hall–Kier alpha value is -1.04. The summed E-state index contributed by atoms with van der Waals surface area (Å²) < 4.78 is 0. The van der Waals surface area contributed by atoms with E-state index in [1.54, 1.807) is 0 Å². The summed E-state index contributed by atoms with van der Waals surface area (Å²) in [5.74, 6) is 0.774. The maximum Gasteiger partial charge on any atom is -0.0225 e. The summed E-state index contributed by atoms with van der Waals surface area (Å²) in [6.45, 7) is 4.45. The van der Waals surface area contributed by atoms with E-state index in [2.05, 4.69) is 44.2 Å². The summed E-state index contributed by atoms with van der Waals surface area (Å²) in [7, 11) is 0. The van der Waals surface area contributed by atoms with Gasteiger partial charge in [0.15, 0.2) is 0 Å². The molecule has 1 aromatic carbocycles. The molecule has 2 rings (SSSR count). The van der Waals surface area contributed by atoms with E-state index in [1.165, 1.54) is 29.5 Å². The normalized spacial score (nSPS) is 21.7. The molecule has 0 radical (unpaired) electrons. The monoisotopic (exact) mass is 172 g/mol. The summed E-state index contributed by atoms with van der Waals surface area (Å²) in [6, 6.07) is 8.80. The van der Waals surface area contributed by atoms with Crippen molar-refractivity contribution in [3.8, 4) is 0 Å². The van der Waals surface area contributed by atoms with Gasteiger partial charge < -0.3 is 0 Å². The van der Waals surface area contributed by atoms with Gasteiger partial charge in [-0.25, -0.2) is 0 Å². The lowest BCUT2D eigenvalue weighted by Crippen LogP contribution is -1.81. The zero-order valence-electron chi connectivity index (χ0n) is 8.38. The molecule has 0 saturated carbocycles. The van der Waals surface area contributed by atoms with E-state index in [0.717, 1.165) is 5.92 Å². The van der Waals surface area contributed by atoms with Crippen LogP contribution < -0.4 is 0 Å². The van der Waals surface area contributed by atoms with Crippen molar-refractivity contribution in [2.24, 2.45) is 5.92 Å². The first kappa shape index (κ1) is 8.55. The van der Waals surface area contributed by atoms with E-state index >= 15 is 0 Å². The van der Waals surface area contributed by atoms with Crippen molar-refractivity contribution >= 4 is 5.57 Å². The molecule has 0 spiro atoms. The zero-order valence-corrected chi connectivity index (χ0v) is 8.38. The van der Waals surface area contributed by atoms with Crippen LogP contribution in [0.2, 0.25) is 0 Å². The quantitative estimate of drug-likeness (QED) is 0.604. The van der Waals surface area contributed by atoms with Crippen LogP contribution in [0.15, 0.2) is 30.3 Å². The van der Waals surface area contributed by atoms with Crippen LogP contribution in [-0.4, -0.2) is 0 Å². The average Bonchev–Trinajstić information content (AvgIpc) is 2.52. The van der Waals surface area contributed by atoms with Crippen molar-refractivity contribution in [1.29, 1.82) is 0 Å². The number of hydrogen-bond donors (Lipinski definition) is 0. The molecular weight excluding hydrogens is 156 g/mol. The summed E-state index contributed by atoms with van der Waals surface area (Å²) in [5, 5.41) is 0. The summed E-state index contributed by atoms with van der Waals surface area (Å²) in [4.78, 5) is 0. The lowest BCUT2D eigenvalue weighted by Gasteiger charge is -2.02. The van der Waals surface area contributed by atoms with Crippen molar-refractivity contribution in [1.82, 2.24) is 0 Å². The maximum absolute atomic E-state index is 2.41. The van der Waals surface area contributed by atoms with Gasteiger partial charge in [0, 0.05) is 0 Å². The minimum atomic E-state index is 0.774. The van der Waals surface area contributed by atoms with E-state index in [4.69, 9.17) is 0 Å². The predicted octanol–water partition coefficient (Wildman–Crippen LogP) is 3.81. The maximum atomic E-state index is 2.41. The standard InChI is InChI=1S/C13H16/c1-10-4-3-5-12(8-10)13-7-6-11(2)9-13/h3-5,8-9,11H,6-7H2,1-2H3. The van der Waals surface area contributed by atoms with E-state index in [-0.39, 0.29) is 0 Å². The highest BCUT2D eigenvalue weighted by Gasteiger charge is 2.12. The van der Waals surface area contributed by atoms with Gasteiger partial charge in [0.2, 0.25) is 0 Å². The van der Waals surface area contributed by atoms with E-state index in [1.807, 2.05) is 0 Å². The predicted molar refractivity (Wildman–Crippen MR) is 57.6 cm³/mol. The minimum Gasteiger partial charge on any atom is -0.0779 e. The molecule has 0 aromatic heterocycles. The number of benzene rings is 1. The third kappa shape index (κ3) is 1.82. The lowest BCUT2D eigenvalue weighted by atomic mass is 10.0. The second kappa shape index (κ2) is 3.37. The summed E-state index contributed by atoms with van der Waals surface area (Å²) in [6.07, 6.45) is 4.99. The first-order valence-electron chi connectivity index (χ1n) is 5.03. The van der Waals surface area contributed by atoms with E-state index < -0.39 is 0 Å². The molecule has 0 N–H and O–H groups in total. The fraction of sp³-hybridized carbons (Fsp3) is 0.385. The smallest absolute Gasteiger partial charge is 0.0225 e. The molecule has 1 aromatic rings. The van der Waals surface area contributed by atoms with Crippen LogP contribution in [0.4, 0.5) is 0 Å². The topological polar surface area (TPSA) is 0 Å². The molecule has 0 nitrogen and oxygen atoms in total. The van der Waals surface area contributed by atoms with Crippen molar-refractivity contribution in [3.63, 3.8) is 0 Å². The second-order valence-corrected chi connectivity index (χ2v) is 4.08. The van der Waals surface area contributed by atoms with E-state index in [0.29, 0.717) is 0 Å². The fourth-order valence-corrected chi connectivity index (χ4v) is 1.98. The van der Waals surface area contributed by atoms with Crippen LogP contribution >= 0.6 is 0 Å². The van der Waals surface area contributed by atoms with Crippen LogP contribution in [0.5, 0.6) is 0 Å². The van der Waals surface area contributed by atoms with Gasteiger partial charge in [-0.05, 0) is 36.8 Å². The van der Waals surface area contributed by atoms with Crippen LogP contribution in [0.3, 0.4) is 0 Å². The largest absolute Gasteiger partial charge is 0.0779 e. The molecule has 0 heteroatoms. The molecule has 1 aliphatic carbocycles. The third-order valence-electron chi connectivity index (χ3n) is 2.74. The zero-order chi connectivity index (χ0) is 9.26. The Morgan fingerprint density at radius 1 is 1.31 bits per heavy atom. The summed E-state index contributed by atoms with van der Waals surface area (Å²) in [5.41, 5.74) is 4.32. The van der Waals surface area contributed by atoms with Crippen molar-refractivity contribution in [2.45, 2.75) is 26.7 Å². The van der Waals surface area contributed by atoms with Crippen LogP contribution in [-0.2, 0) is 0 Å². The molecule has 0 bridgehead atoms. The van der Waals surface area contributed by atoms with Crippen molar-refractivity contribution in [3.05, 3.63) is 41.5 Å². The Morgan fingerprint density at radius 2 is 2.15 bits per heavy atom. The second-order valence-electron chi connectivity index (χ2n) is 4.08. The fourth-order valence-electron chi connectivity index (χ4n) is 1.98. The van der Waals surface area contributed by atoms with Gasteiger partial charge in [-0.1, -0.05) is 42.8 Å². The molecule has 1 atom stereocenters. The Morgan fingerprint density at radius 3 is 2.77 bits per heavy atom. The van der Waals surface area contributed by atoms with Crippen molar-refractivity contribution in [2.75, 3.05) is 0 Å². The highest BCUT2D eigenvalue weighted by molar-refractivity contribution is 5.67. The van der Waals surface area contributed by atoms with Gasteiger partial charge in [0.05, 0.1) is 0 Å². The highest BCUT2D eigenvalue weighted by atomic mass is 14.2. The molecule has 0 saturated heterocycles. The Kier molecular flexibility index (Phi) is 2.22. The Labute approximate surface area is 80.3 Å². The van der Waals surface area contributed by atoms with Gasteiger partial charge >= 0.3 is 0 Å². The first-order chi connectivity index (χ1) is 6.25. The van der Waals surface area contributed by atoms with Gasteiger partial charge in [0.25, 0.3) is 0 Å². The van der Waals surface area contributed by atoms with Gasteiger partial charge in [-0.2, -0.15) is 0 Å². The molecule has 0 amide bonds. The van der Waals surface area contributed by atoms with Crippen LogP contribution in [0, 0.1) is 12.8 Å². The van der Waals surface area contributed by atoms with Crippen LogP contribution in [0.1, 0.15) is 30.9 Å². The first-order valence-corrected chi connectivity index (χ1v) is 5.03. The van der Waals surface area contributed by atoms with Gasteiger partial charge in [-0.3, -0.25) is 0 Å². The molecule has 1 aliphatic rings. The number of aryl methyl sites for hydroxylation is 1. The Bertz CT molecular complexity index is 334. The van der Waals surface area contributed by atoms with Gasteiger partial charge in [0.1, 0.15) is 0 Å². The van der Waals surface area contributed by atoms with Crippen LogP contribution in [0.25, 0.3) is 5.57 Å². The third-order valence-corrected chi connectivity index (χ3v) is 2.74. The molecule has 0 heterocycles. The number of rotatable bonds is 1. The molecular formula is C13H16. The average molecular weight is 172 g/mol. The SMILES string of the molecule is Cc1cccc(C2=CC(C)CC2)c1. The lowest BCUT2D eigenvalue weighted by molar-refractivity contribution is 0.703. The van der Waals surface area contributed by atoms with Gasteiger partial charge in [-0.15, -0.1) is 0 Å². The molecule has 0 fully saturated rings. The summed E-state index contributed by atoms with van der Waals surface area (Å²) >= 11 is 0. The molecule has 0 aliphatic heterocycles. The molecule has 13 heavy (non-hydrogen) atoms. The molecule has 1 unspecified atom stereocenters. The van der Waals surface area contributed by atoms with E-state index in [9.17, 15) is 0 Å². The highest BCUT2D eigenvalue weighted by Crippen LogP contribution is 2.31. The number of allylic oxidation sites excluding steroid dienone is 2. The Balaban J connectivity index is 2.31. The minimum absolute atomic E-state index is 0.774.